The minimum absolute atomic E-state index is 0.209. The summed E-state index contributed by atoms with van der Waals surface area (Å²) in [6.45, 7) is 8.65. The van der Waals surface area contributed by atoms with Crippen molar-refractivity contribution in [2.45, 2.75) is 45.8 Å². The minimum atomic E-state index is 0.209. The highest BCUT2D eigenvalue weighted by Crippen LogP contribution is 2.24. The van der Waals surface area contributed by atoms with Gasteiger partial charge in [0.1, 0.15) is 0 Å². The van der Waals surface area contributed by atoms with Gasteiger partial charge >= 0.3 is 0 Å². The fraction of sp³-hybridized carbons (Fsp3) is 0.571. The first-order valence-electron chi connectivity index (χ1n) is 5.94. The summed E-state index contributed by atoms with van der Waals surface area (Å²) in [5.74, 6) is 0.536. The zero-order chi connectivity index (χ0) is 12.1. The fourth-order valence-electron chi connectivity index (χ4n) is 1.70. The maximum absolute atomic E-state index is 5.32. The quantitative estimate of drug-likeness (QED) is 0.819. The number of nitrogens with one attached hydrogen (secondary N) is 1. The van der Waals surface area contributed by atoms with Crippen molar-refractivity contribution >= 4 is 5.69 Å². The molecule has 0 aliphatic carbocycles. The molecular formula is C14H23NO. The molecule has 0 bridgehead atoms. The summed E-state index contributed by atoms with van der Waals surface area (Å²) in [5, 5.41) is 3.52. The molecule has 0 heterocycles. The lowest BCUT2D eigenvalue weighted by Crippen LogP contribution is -2.30. The van der Waals surface area contributed by atoms with Crippen molar-refractivity contribution in [3.8, 4) is 0 Å². The van der Waals surface area contributed by atoms with Crippen molar-refractivity contribution < 1.29 is 4.74 Å². The highest BCUT2D eigenvalue weighted by molar-refractivity contribution is 5.53. The first-order valence-corrected chi connectivity index (χ1v) is 5.94. The van der Waals surface area contributed by atoms with Crippen LogP contribution in [0, 0.1) is 0 Å². The Bertz CT molecular complexity index is 322. The third-order valence-electron chi connectivity index (χ3n) is 3.04. The molecule has 0 spiro atoms. The molecule has 1 N–H and O–H groups in total. The Morgan fingerprint density at radius 3 is 2.25 bits per heavy atom. The molecule has 1 rings (SSSR count). The Hall–Kier alpha value is -1.02. The maximum atomic E-state index is 5.32. The lowest BCUT2D eigenvalue weighted by molar-refractivity contribution is 0.106. The molecule has 1 aromatic carbocycles. The van der Waals surface area contributed by atoms with Crippen LogP contribution in [0.2, 0.25) is 0 Å². The van der Waals surface area contributed by atoms with Gasteiger partial charge in [-0.15, -0.1) is 0 Å². The van der Waals surface area contributed by atoms with Crippen LogP contribution in [-0.4, -0.2) is 19.3 Å². The van der Waals surface area contributed by atoms with E-state index in [1.54, 1.807) is 7.11 Å². The topological polar surface area (TPSA) is 21.3 Å². The van der Waals surface area contributed by atoms with Crippen LogP contribution in [0.3, 0.4) is 0 Å². The molecule has 2 heteroatoms. The molecule has 90 valence electrons. The number of anilines is 1. The van der Waals surface area contributed by atoms with Gasteiger partial charge in [0.25, 0.3) is 0 Å². The lowest BCUT2D eigenvalue weighted by Gasteiger charge is -2.23. The number of methoxy groups -OCH3 is 1. The van der Waals surface area contributed by atoms with Crippen LogP contribution in [-0.2, 0) is 4.74 Å². The van der Waals surface area contributed by atoms with Crippen molar-refractivity contribution in [3.63, 3.8) is 0 Å². The molecule has 0 radical (unpaired) electrons. The maximum Gasteiger partial charge on any atom is 0.0741 e. The van der Waals surface area contributed by atoms with E-state index in [1.807, 2.05) is 0 Å². The van der Waals surface area contributed by atoms with Crippen LogP contribution in [0.25, 0.3) is 0 Å². The second-order valence-electron chi connectivity index (χ2n) is 4.62. The Morgan fingerprint density at radius 2 is 1.69 bits per heavy atom. The molecule has 0 amide bonds. The highest BCUT2D eigenvalue weighted by Gasteiger charge is 2.13. The van der Waals surface area contributed by atoms with Crippen LogP contribution < -0.4 is 5.32 Å². The molecule has 1 aromatic rings. The number of hydrogen-bond donors (Lipinski definition) is 1. The van der Waals surface area contributed by atoms with Gasteiger partial charge in [-0.2, -0.15) is 0 Å². The molecule has 2 atom stereocenters. The van der Waals surface area contributed by atoms with E-state index in [2.05, 4.69) is 57.3 Å². The summed E-state index contributed by atoms with van der Waals surface area (Å²) >= 11 is 0. The van der Waals surface area contributed by atoms with Crippen molar-refractivity contribution in [1.82, 2.24) is 0 Å². The number of ether oxygens (including phenoxy) is 1. The fourth-order valence-corrected chi connectivity index (χ4v) is 1.70. The van der Waals surface area contributed by atoms with Crippen LogP contribution in [0.1, 0.15) is 39.2 Å². The molecule has 0 aliphatic rings. The monoisotopic (exact) mass is 221 g/mol. The van der Waals surface area contributed by atoms with E-state index < -0.39 is 0 Å². The van der Waals surface area contributed by atoms with Gasteiger partial charge in [0.05, 0.1) is 6.10 Å². The van der Waals surface area contributed by atoms with E-state index in [0.29, 0.717) is 12.0 Å². The van der Waals surface area contributed by atoms with E-state index in [-0.39, 0.29) is 6.10 Å². The number of rotatable bonds is 5. The highest BCUT2D eigenvalue weighted by atomic mass is 16.5. The van der Waals surface area contributed by atoms with Crippen molar-refractivity contribution in [2.24, 2.45) is 0 Å². The second-order valence-corrected chi connectivity index (χ2v) is 4.62. The summed E-state index contributed by atoms with van der Waals surface area (Å²) in [6, 6.07) is 8.78. The molecule has 2 unspecified atom stereocenters. The first-order chi connectivity index (χ1) is 7.56. The largest absolute Gasteiger partial charge is 0.380 e. The SMILES string of the molecule is COC(C)C(C)Nc1ccccc1C(C)C. The van der Waals surface area contributed by atoms with E-state index in [9.17, 15) is 0 Å². The minimum Gasteiger partial charge on any atom is -0.380 e. The van der Waals surface area contributed by atoms with Gasteiger partial charge < -0.3 is 10.1 Å². The van der Waals surface area contributed by atoms with Crippen molar-refractivity contribution in [1.29, 1.82) is 0 Å². The average molecular weight is 221 g/mol. The third kappa shape index (κ3) is 3.24. The molecule has 0 aliphatic heterocycles. The van der Waals surface area contributed by atoms with E-state index in [4.69, 9.17) is 4.74 Å². The summed E-state index contributed by atoms with van der Waals surface area (Å²) in [7, 11) is 1.75. The van der Waals surface area contributed by atoms with E-state index in [1.165, 1.54) is 11.3 Å². The Balaban J connectivity index is 2.80. The van der Waals surface area contributed by atoms with E-state index >= 15 is 0 Å². The van der Waals surface area contributed by atoms with E-state index in [0.717, 1.165) is 0 Å². The van der Waals surface area contributed by atoms with Gasteiger partial charge in [0.15, 0.2) is 0 Å². The molecule has 16 heavy (non-hydrogen) atoms. The molecule has 2 nitrogen and oxygen atoms in total. The van der Waals surface area contributed by atoms with Crippen molar-refractivity contribution in [3.05, 3.63) is 29.8 Å². The third-order valence-corrected chi connectivity index (χ3v) is 3.04. The molecular weight excluding hydrogens is 198 g/mol. The van der Waals surface area contributed by atoms with Gasteiger partial charge in [-0.3, -0.25) is 0 Å². The Morgan fingerprint density at radius 1 is 1.06 bits per heavy atom. The van der Waals surface area contributed by atoms with Gasteiger partial charge in [-0.25, -0.2) is 0 Å². The summed E-state index contributed by atoms with van der Waals surface area (Å²) < 4.78 is 5.32. The normalized spacial score (nSPS) is 14.9. The molecule has 0 saturated heterocycles. The predicted octanol–water partition coefficient (Wildman–Crippen LogP) is 3.65. The second kappa shape index (κ2) is 5.90. The molecule has 0 saturated carbocycles. The van der Waals surface area contributed by atoms with Crippen LogP contribution in [0.4, 0.5) is 5.69 Å². The average Bonchev–Trinajstić information content (AvgIpc) is 2.28. The predicted molar refractivity (Wildman–Crippen MR) is 70.1 cm³/mol. The van der Waals surface area contributed by atoms with Crippen LogP contribution >= 0.6 is 0 Å². The standard InChI is InChI=1S/C14H23NO/c1-10(2)13-8-6-7-9-14(13)15-11(3)12(4)16-5/h6-12,15H,1-5H3. The summed E-state index contributed by atoms with van der Waals surface area (Å²) in [4.78, 5) is 0. The van der Waals surface area contributed by atoms with Gasteiger partial charge in [0.2, 0.25) is 0 Å². The van der Waals surface area contributed by atoms with Gasteiger partial charge in [-0.05, 0) is 31.4 Å². The van der Waals surface area contributed by atoms with Gasteiger partial charge in [-0.1, -0.05) is 32.0 Å². The number of para-hydroxylation sites is 1. The Labute approximate surface area is 99.0 Å². The smallest absolute Gasteiger partial charge is 0.0741 e. The lowest BCUT2D eigenvalue weighted by atomic mass is 10.0. The summed E-state index contributed by atoms with van der Waals surface area (Å²) in [5.41, 5.74) is 2.58. The zero-order valence-electron chi connectivity index (χ0n) is 10.9. The molecule has 0 fully saturated rings. The first kappa shape index (κ1) is 13.0. The van der Waals surface area contributed by atoms with Crippen LogP contribution in [0.5, 0.6) is 0 Å². The zero-order valence-corrected chi connectivity index (χ0v) is 10.9. The van der Waals surface area contributed by atoms with Crippen LogP contribution in [0.15, 0.2) is 24.3 Å². The Kier molecular flexibility index (Phi) is 4.81. The number of benzene rings is 1. The van der Waals surface area contributed by atoms with Gasteiger partial charge in [0, 0.05) is 18.8 Å². The summed E-state index contributed by atoms with van der Waals surface area (Å²) in [6.07, 6.45) is 0.209. The molecule has 0 aromatic heterocycles. The number of hydrogen-bond acceptors (Lipinski definition) is 2. The van der Waals surface area contributed by atoms with Crippen molar-refractivity contribution in [2.75, 3.05) is 12.4 Å².